The van der Waals surface area contributed by atoms with Crippen LogP contribution in [0, 0.1) is 0 Å². The molecule has 8 heterocycles. The normalized spacial score (nSPS) is 21.2. The van der Waals surface area contributed by atoms with Gasteiger partial charge in [0.2, 0.25) is 5.91 Å². The predicted octanol–water partition coefficient (Wildman–Crippen LogP) is 12.9. The number of ether oxygens (including phenoxy) is 8. The van der Waals surface area contributed by atoms with Gasteiger partial charge in [-0.1, -0.05) is 117 Å². The maximum absolute atomic E-state index is 14.0. The van der Waals surface area contributed by atoms with E-state index in [-0.39, 0.29) is 56.6 Å². The van der Waals surface area contributed by atoms with E-state index in [0.717, 1.165) is 141 Å². The molecule has 0 saturated carbocycles. The first-order valence-electron chi connectivity index (χ1n) is 39.1. The van der Waals surface area contributed by atoms with Crippen LogP contribution in [-0.2, 0) is 47.7 Å². The molecule has 0 radical (unpaired) electrons. The van der Waals surface area contributed by atoms with Crippen LogP contribution in [0.3, 0.4) is 0 Å². The van der Waals surface area contributed by atoms with Crippen molar-refractivity contribution in [2.45, 2.75) is 185 Å². The number of nitrogens with one attached hydrogen (secondary N) is 2. The predicted molar refractivity (Wildman–Crippen MR) is 432 cm³/mol. The Morgan fingerprint density at radius 1 is 0.451 bits per heavy atom. The van der Waals surface area contributed by atoms with Crippen LogP contribution >= 0.6 is 0 Å². The molecule has 6 aromatic carbocycles. The molecule has 0 spiro atoms. The van der Waals surface area contributed by atoms with Crippen LogP contribution in [0.15, 0.2) is 158 Å². The summed E-state index contributed by atoms with van der Waals surface area (Å²) in [6, 6.07) is 48.8. The summed E-state index contributed by atoms with van der Waals surface area (Å²) < 4.78 is 43.3. The van der Waals surface area contributed by atoms with Gasteiger partial charge in [0.15, 0.2) is 0 Å². The Balaban J connectivity index is 0.000000169. The zero-order valence-electron chi connectivity index (χ0n) is 65.7. The highest BCUT2D eigenvalue weighted by Gasteiger charge is 2.45. The number of ketones is 1. The third kappa shape index (κ3) is 23.7. The number of nitrogens with zero attached hydrogens (tertiary/aromatic N) is 6. The number of carbonyl (C=O) groups excluding carboxylic acids is 6. The number of methoxy groups -OCH3 is 2. The summed E-state index contributed by atoms with van der Waals surface area (Å²) in [6.07, 6.45) is 6.95. The molecule has 113 heavy (non-hydrogen) atoms. The molecule has 610 valence electrons. The zero-order valence-corrected chi connectivity index (χ0v) is 65.7. The molecular weight excluding hydrogens is 1440 g/mol. The average Bonchev–Trinajstić information content (AvgIpc) is 1.48. The van der Waals surface area contributed by atoms with E-state index in [0.29, 0.717) is 52.0 Å². The number of carbonyl (C=O) groups is 8. The van der Waals surface area contributed by atoms with E-state index in [4.69, 9.17) is 33.2 Å². The van der Waals surface area contributed by atoms with E-state index in [1.54, 1.807) is 25.7 Å². The first-order chi connectivity index (χ1) is 53.9. The number of carboxylic acid groups (broad SMARTS) is 2. The molecule has 4 saturated heterocycles. The molecule has 0 bridgehead atoms. The number of Topliss-reactive ketones (excluding diaryl/α,β-unsaturated/α-hetero) is 1. The number of hydrogen-bond acceptors (Lipinski definition) is 21. The first kappa shape index (κ1) is 86.2. The van der Waals surface area contributed by atoms with E-state index in [2.05, 4.69) is 36.1 Å². The molecule has 6 aromatic rings. The number of hydrogen-bond donors (Lipinski definition) is 4. The number of anilines is 4. The lowest BCUT2D eigenvalue weighted by Gasteiger charge is -2.43. The van der Waals surface area contributed by atoms with Gasteiger partial charge in [-0.25, -0.2) is 24.0 Å². The fraction of sp³-hybridized carbons (Fsp3) is 0.494. The lowest BCUT2D eigenvalue weighted by Crippen LogP contribution is -2.56. The summed E-state index contributed by atoms with van der Waals surface area (Å²) in [4.78, 5) is 109. The Bertz CT molecular complexity index is 4050. The Hall–Kier alpha value is -10.8. The average molecular weight is 1560 g/mol. The summed E-state index contributed by atoms with van der Waals surface area (Å²) in [5.74, 6) is 0.134. The van der Waals surface area contributed by atoms with Gasteiger partial charge in [-0.05, 0) is 172 Å². The van der Waals surface area contributed by atoms with E-state index in [1.165, 1.54) is 24.0 Å². The Labute approximate surface area is 664 Å². The van der Waals surface area contributed by atoms with Gasteiger partial charge in [0, 0.05) is 76.8 Å². The Morgan fingerprint density at radius 2 is 0.858 bits per heavy atom. The molecule has 8 aliphatic rings. The van der Waals surface area contributed by atoms with Gasteiger partial charge in [-0.2, -0.15) is 0 Å². The smallest absolute Gasteiger partial charge is 0.411 e. The van der Waals surface area contributed by atoms with Gasteiger partial charge in [0.05, 0.1) is 69.3 Å². The van der Waals surface area contributed by atoms with Crippen molar-refractivity contribution in [2.24, 2.45) is 0 Å². The molecule has 26 heteroatoms. The molecule has 0 aromatic heterocycles. The fourth-order valence-electron chi connectivity index (χ4n) is 15.3. The van der Waals surface area contributed by atoms with Gasteiger partial charge in [0.25, 0.3) is 0 Å². The lowest BCUT2D eigenvalue weighted by molar-refractivity contribution is -0.152. The zero-order chi connectivity index (χ0) is 79.9. The third-order valence-electron chi connectivity index (χ3n) is 20.6. The van der Waals surface area contributed by atoms with Crippen LogP contribution in [0.4, 0.5) is 32.3 Å². The lowest BCUT2D eigenvalue weighted by atomic mass is 9.87. The number of aliphatic carboxylic acids is 2. The molecule has 7 atom stereocenters. The number of carboxylic acids is 2. The summed E-state index contributed by atoms with van der Waals surface area (Å²) >= 11 is 0. The van der Waals surface area contributed by atoms with Gasteiger partial charge < -0.3 is 78.3 Å². The van der Waals surface area contributed by atoms with E-state index >= 15 is 0 Å². The molecule has 3 amide bonds. The number of amides is 3. The van der Waals surface area contributed by atoms with Crippen LogP contribution in [0.1, 0.15) is 143 Å². The van der Waals surface area contributed by atoms with Gasteiger partial charge >= 0.3 is 36.1 Å². The van der Waals surface area contributed by atoms with Crippen LogP contribution in [-0.4, -0.2) is 219 Å². The highest BCUT2D eigenvalue weighted by atomic mass is 16.6. The largest absolute Gasteiger partial charge is 0.491 e. The molecule has 8 aliphatic heterocycles. The van der Waals surface area contributed by atoms with E-state index in [1.807, 2.05) is 172 Å². The van der Waals surface area contributed by atoms with Crippen molar-refractivity contribution in [3.05, 3.63) is 169 Å². The summed E-state index contributed by atoms with van der Waals surface area (Å²) in [7, 11) is 2.59. The molecular formula is C87H114N8O18. The van der Waals surface area contributed by atoms with Crippen LogP contribution in [0.2, 0.25) is 0 Å². The standard InChI is InChI=1S/C29H30N2O4.C21H30N2O5.C15H20N2O3.C12H19NO5.C9H11NO.CH4/c32-28(27(21-10-3-1-4-11-21)22-12-5-2-6-13-22)31-18-16-23(20-25(31)29(33)34)30-17-9-19-35-26-15-8-7-14-24(26)30;1-21(2,3)28-20(25)23-12-10-15(14-17(23)19(24)26-4)22-11-7-13-27-18-9-6-5-8-16(18)22;18-15(19)12-10-11(6-7-16-12)17-8-3-9-20-14-5-2-1-4-13(14)17;1-12(2,3)18-11(16)13-6-5-8(14)7-9(13)10(15)17-4;1-2-5-9-8(4-1)10-6-3-7-11-9;/h1-8,10-15,23,25,27H,9,16-20H2,(H,33,34);5-6,8-9,15,17H,7,10-14H2,1-4H3;1-2,4-5,11-12,16H,3,6-10H2,(H,18,19);9H,5-7H2,1-4H3;1-2,4-5,10H,3,6-7H2;1H4/t23-,25+;15-,17+;11-,12+;9-;;/m1110../s1. The highest BCUT2D eigenvalue weighted by Crippen LogP contribution is 2.40. The summed E-state index contributed by atoms with van der Waals surface area (Å²) in [5.41, 5.74) is 4.74. The van der Waals surface area contributed by atoms with Gasteiger partial charge in [-0.15, -0.1) is 0 Å². The molecule has 0 aliphatic carbocycles. The molecule has 26 nitrogen and oxygen atoms in total. The SMILES string of the molecule is C.COC(=O)[C@@H]1CC(=O)CCN1C(=O)OC(C)(C)C.COC(=O)[C@@H]1C[C@H](N2CCCOc3ccccc32)CCN1C(=O)OC(C)(C)C.O=C(O)[C@@H]1C[C@H](N2CCCOc3ccccc32)CCN1.O=C(O)[C@@H]1C[C@H](N2CCCOc3ccccc32)CCN1C(=O)C(c1ccccc1)c1ccccc1.c1ccc2c(c1)NCCCO2. The first-order valence-corrected chi connectivity index (χ1v) is 39.1. The van der Waals surface area contributed by atoms with Crippen molar-refractivity contribution in [1.29, 1.82) is 0 Å². The molecule has 14 rings (SSSR count). The quantitative estimate of drug-likeness (QED) is 0.0732. The second-order valence-corrected chi connectivity index (χ2v) is 30.7. The van der Waals surface area contributed by atoms with Crippen molar-refractivity contribution in [2.75, 3.05) is 113 Å². The van der Waals surface area contributed by atoms with Crippen molar-refractivity contribution >= 4 is 70.5 Å². The monoisotopic (exact) mass is 1560 g/mol. The van der Waals surface area contributed by atoms with Crippen molar-refractivity contribution in [3.63, 3.8) is 0 Å². The molecule has 4 N–H and O–H groups in total. The van der Waals surface area contributed by atoms with E-state index in [9.17, 15) is 48.6 Å². The van der Waals surface area contributed by atoms with Crippen LogP contribution in [0.25, 0.3) is 0 Å². The minimum absolute atomic E-state index is 0. The Morgan fingerprint density at radius 3 is 1.33 bits per heavy atom. The fourth-order valence-corrected chi connectivity index (χ4v) is 15.3. The second-order valence-electron chi connectivity index (χ2n) is 30.7. The minimum atomic E-state index is -0.956. The number of piperidine rings is 4. The maximum Gasteiger partial charge on any atom is 0.411 e. The number of esters is 2. The Kier molecular flexibility index (Phi) is 31.4. The van der Waals surface area contributed by atoms with Gasteiger partial charge in [0.1, 0.15) is 64.2 Å². The van der Waals surface area contributed by atoms with Crippen molar-refractivity contribution < 1.29 is 86.5 Å². The topological polar surface area (TPSA) is 294 Å². The molecule has 4 fully saturated rings. The van der Waals surface area contributed by atoms with Crippen molar-refractivity contribution in [1.82, 2.24) is 20.0 Å². The van der Waals surface area contributed by atoms with Crippen LogP contribution < -0.4 is 44.3 Å². The number of likely N-dealkylation sites (tertiary alicyclic amines) is 3. The minimum Gasteiger partial charge on any atom is -0.491 e. The highest BCUT2D eigenvalue weighted by molar-refractivity contribution is 5.92. The third-order valence-corrected chi connectivity index (χ3v) is 20.6. The van der Waals surface area contributed by atoms with Crippen LogP contribution in [0.5, 0.6) is 23.0 Å². The number of rotatable bonds is 10. The summed E-state index contributed by atoms with van der Waals surface area (Å²) in [6.45, 7) is 18.9. The number of fused-ring (bicyclic) bond motifs is 4. The van der Waals surface area contributed by atoms with Gasteiger partial charge in [-0.3, -0.25) is 24.2 Å². The number of para-hydroxylation sites is 8. The second kappa shape index (κ2) is 41.1. The summed E-state index contributed by atoms with van der Waals surface area (Å²) in [5, 5.41) is 25.8. The van der Waals surface area contributed by atoms with E-state index < -0.39 is 77.4 Å². The maximum atomic E-state index is 14.0. The number of benzene rings is 6. The molecule has 0 unspecified atom stereocenters. The van der Waals surface area contributed by atoms with Crippen molar-refractivity contribution in [3.8, 4) is 23.0 Å².